The molecule has 1 aromatic rings. The largest absolute Gasteiger partial charge is 0.463 e. The normalized spacial score (nSPS) is 33.4. The van der Waals surface area contributed by atoms with Gasteiger partial charge in [0.25, 0.3) is 0 Å². The van der Waals surface area contributed by atoms with Crippen LogP contribution in [0.15, 0.2) is 54.6 Å². The summed E-state index contributed by atoms with van der Waals surface area (Å²) in [5.41, 5.74) is -1.20. The molecule has 226 valence electrons. The summed E-state index contributed by atoms with van der Waals surface area (Å²) in [4.78, 5) is 58.6. The minimum absolute atomic E-state index is 0.0591. The van der Waals surface area contributed by atoms with Crippen LogP contribution in [0.4, 0.5) is 0 Å². The molecular formula is C32H41N3O7. The molecule has 0 saturated carbocycles. The Balaban J connectivity index is 1.62. The van der Waals surface area contributed by atoms with E-state index in [4.69, 9.17) is 9.47 Å². The van der Waals surface area contributed by atoms with Gasteiger partial charge in [0.15, 0.2) is 0 Å². The monoisotopic (exact) mass is 579 g/mol. The first-order valence-electron chi connectivity index (χ1n) is 14.8. The molecule has 10 heteroatoms. The van der Waals surface area contributed by atoms with Crippen LogP contribution < -0.4 is 5.32 Å². The van der Waals surface area contributed by atoms with E-state index in [1.54, 1.807) is 23.1 Å². The molecule has 0 aliphatic carbocycles. The van der Waals surface area contributed by atoms with E-state index in [1.165, 1.54) is 4.90 Å². The van der Waals surface area contributed by atoms with Crippen LogP contribution >= 0.6 is 0 Å². The predicted molar refractivity (Wildman–Crippen MR) is 154 cm³/mol. The molecule has 3 amide bonds. The predicted octanol–water partition coefficient (Wildman–Crippen LogP) is 2.29. The zero-order chi connectivity index (χ0) is 30.2. The molecule has 0 unspecified atom stereocenters. The van der Waals surface area contributed by atoms with Crippen LogP contribution in [0.5, 0.6) is 0 Å². The van der Waals surface area contributed by atoms with Gasteiger partial charge in [0.05, 0.1) is 36.6 Å². The van der Waals surface area contributed by atoms with Crippen molar-refractivity contribution in [2.24, 2.45) is 11.8 Å². The zero-order valence-corrected chi connectivity index (χ0v) is 24.7. The fourth-order valence-electron chi connectivity index (χ4n) is 6.79. The number of nitrogens with zero attached hydrogens (tertiary/aromatic N) is 2. The zero-order valence-electron chi connectivity index (χ0n) is 24.7. The fraction of sp³-hybridized carbons (Fsp3) is 0.562. The molecule has 1 aromatic carbocycles. The molecule has 7 atom stereocenters. The smallest absolute Gasteiger partial charge is 0.306 e. The highest BCUT2D eigenvalue weighted by Gasteiger charge is 2.72. The third kappa shape index (κ3) is 5.15. The van der Waals surface area contributed by atoms with Gasteiger partial charge in [-0.15, -0.1) is 0 Å². The number of esters is 1. The van der Waals surface area contributed by atoms with E-state index in [-0.39, 0.29) is 37.4 Å². The number of allylic oxidation sites excluding steroid dienone is 1. The lowest BCUT2D eigenvalue weighted by Gasteiger charge is -2.42. The topological polar surface area (TPSA) is 125 Å². The van der Waals surface area contributed by atoms with Crippen molar-refractivity contribution in [1.29, 1.82) is 0 Å². The van der Waals surface area contributed by atoms with Crippen molar-refractivity contribution in [3.63, 3.8) is 0 Å². The second kappa shape index (κ2) is 11.6. The molecule has 4 aliphatic rings. The van der Waals surface area contributed by atoms with E-state index in [9.17, 15) is 24.3 Å². The maximum atomic E-state index is 14.4. The summed E-state index contributed by atoms with van der Waals surface area (Å²) in [5.74, 6) is -3.44. The van der Waals surface area contributed by atoms with Crippen LogP contribution in [0.3, 0.4) is 0 Å². The van der Waals surface area contributed by atoms with Crippen LogP contribution in [0, 0.1) is 11.8 Å². The molecule has 10 nitrogen and oxygen atoms in total. The summed E-state index contributed by atoms with van der Waals surface area (Å²) >= 11 is 0. The minimum atomic E-state index is -1.41. The van der Waals surface area contributed by atoms with Crippen molar-refractivity contribution in [3.8, 4) is 0 Å². The van der Waals surface area contributed by atoms with E-state index < -0.39 is 53.1 Å². The Hall–Kier alpha value is -3.50. The lowest BCUT2D eigenvalue weighted by Crippen LogP contribution is -2.60. The van der Waals surface area contributed by atoms with Gasteiger partial charge in [-0.1, -0.05) is 61.6 Å². The Morgan fingerprint density at radius 1 is 1.10 bits per heavy atom. The third-order valence-electron chi connectivity index (χ3n) is 8.89. The van der Waals surface area contributed by atoms with Crippen molar-refractivity contribution < 1.29 is 33.8 Å². The fourth-order valence-corrected chi connectivity index (χ4v) is 6.79. The second-order valence-corrected chi connectivity index (χ2v) is 12.5. The number of aliphatic hydroxyl groups excluding tert-OH is 1. The molecule has 1 spiro atoms. The van der Waals surface area contributed by atoms with Gasteiger partial charge in [-0.25, -0.2) is 0 Å². The average molecular weight is 580 g/mol. The summed E-state index contributed by atoms with van der Waals surface area (Å²) in [6.45, 7) is 7.60. The molecule has 5 rings (SSSR count). The molecule has 2 saturated heterocycles. The first kappa shape index (κ1) is 30.0. The van der Waals surface area contributed by atoms with Crippen LogP contribution in [-0.4, -0.2) is 87.7 Å². The van der Waals surface area contributed by atoms with Gasteiger partial charge in [0.1, 0.15) is 18.2 Å². The van der Waals surface area contributed by atoms with Crippen LogP contribution in [0.1, 0.15) is 58.6 Å². The summed E-state index contributed by atoms with van der Waals surface area (Å²) in [5, 5.41) is 13.3. The second-order valence-electron chi connectivity index (χ2n) is 12.5. The highest BCUT2D eigenvalue weighted by atomic mass is 16.5. The molecule has 2 N–H and O–H groups in total. The molecule has 42 heavy (non-hydrogen) atoms. The van der Waals surface area contributed by atoms with Crippen LogP contribution in [0.2, 0.25) is 0 Å². The van der Waals surface area contributed by atoms with Gasteiger partial charge in [-0.05, 0) is 39.2 Å². The Kier molecular flexibility index (Phi) is 8.31. The number of carbonyl (C=O) groups excluding carboxylic acids is 4. The van der Waals surface area contributed by atoms with Gasteiger partial charge in [-0.3, -0.25) is 19.2 Å². The number of nitrogens with one attached hydrogen (secondary N) is 1. The van der Waals surface area contributed by atoms with E-state index in [0.717, 1.165) is 5.56 Å². The summed E-state index contributed by atoms with van der Waals surface area (Å²) in [6, 6.07) is 6.90. The van der Waals surface area contributed by atoms with E-state index in [0.29, 0.717) is 19.4 Å². The molecule has 4 heterocycles. The number of likely N-dealkylation sites (tertiary alicyclic amines) is 1. The van der Waals surface area contributed by atoms with E-state index >= 15 is 0 Å². The average Bonchev–Trinajstić information content (AvgIpc) is 3.34. The summed E-state index contributed by atoms with van der Waals surface area (Å²) < 4.78 is 12.2. The molecule has 0 aromatic heterocycles. The number of ether oxygens (including phenoxy) is 2. The molecule has 0 bridgehead atoms. The van der Waals surface area contributed by atoms with Crippen molar-refractivity contribution >= 4 is 23.7 Å². The number of hydrogen-bond acceptors (Lipinski definition) is 7. The molecular weight excluding hydrogens is 538 g/mol. The van der Waals surface area contributed by atoms with Crippen LogP contribution in [-0.2, 0) is 28.7 Å². The molecule has 2 fully saturated rings. The number of cyclic esters (lactones) is 1. The number of fused-ring (bicyclic) bond motifs is 2. The van der Waals surface area contributed by atoms with Gasteiger partial charge in [0.2, 0.25) is 17.7 Å². The Morgan fingerprint density at radius 2 is 1.83 bits per heavy atom. The van der Waals surface area contributed by atoms with Gasteiger partial charge < -0.3 is 29.7 Å². The van der Waals surface area contributed by atoms with Crippen LogP contribution in [0.25, 0.3) is 0 Å². The van der Waals surface area contributed by atoms with Crippen molar-refractivity contribution in [1.82, 2.24) is 15.1 Å². The number of rotatable bonds is 4. The standard InChI is InChI=1S/C32H41N3O7/c1-5-21(18-36)35-27-30(40)34(31(2,3)4)17-11-16-32(27)26(29(35)39)25-23(42-32)14-9-10-15-24(37)41-19-22(33-28(25)38)20-12-7-6-8-13-20/h6-9,11-14,16,21-23,25-27,36H,5,10,15,17-19H2,1-4H3,(H,33,38)/b14-9-/t21-,22+,23-,25+,26+,27-,32+/m0/s1. The lowest BCUT2D eigenvalue weighted by atomic mass is 9.77. The number of benzene rings is 1. The first-order valence-corrected chi connectivity index (χ1v) is 14.8. The van der Waals surface area contributed by atoms with Gasteiger partial charge >= 0.3 is 5.97 Å². The van der Waals surface area contributed by atoms with E-state index in [1.807, 2.05) is 64.1 Å². The van der Waals surface area contributed by atoms with Gasteiger partial charge in [0, 0.05) is 18.5 Å². The Labute approximate surface area is 246 Å². The first-order chi connectivity index (χ1) is 20.0. The van der Waals surface area contributed by atoms with Gasteiger partial charge in [-0.2, -0.15) is 0 Å². The highest BCUT2D eigenvalue weighted by Crippen LogP contribution is 2.53. The number of hydrogen-bond donors (Lipinski definition) is 2. The Bertz CT molecular complexity index is 1270. The quantitative estimate of drug-likeness (QED) is 0.414. The highest BCUT2D eigenvalue weighted by molar-refractivity contribution is 6.00. The van der Waals surface area contributed by atoms with Crippen molar-refractivity contribution in [2.75, 3.05) is 19.8 Å². The maximum Gasteiger partial charge on any atom is 0.306 e. The number of carbonyl (C=O) groups is 4. The van der Waals surface area contributed by atoms with Crippen molar-refractivity contribution in [2.45, 2.75) is 82.3 Å². The number of aliphatic hydroxyl groups is 1. The summed E-state index contributed by atoms with van der Waals surface area (Å²) in [6.07, 6.45) is 7.28. The molecule has 4 aliphatic heterocycles. The van der Waals surface area contributed by atoms with E-state index in [2.05, 4.69) is 5.32 Å². The molecule has 0 radical (unpaired) electrons. The summed E-state index contributed by atoms with van der Waals surface area (Å²) in [7, 11) is 0. The lowest BCUT2D eigenvalue weighted by molar-refractivity contribution is -0.153. The minimum Gasteiger partial charge on any atom is -0.463 e. The number of amides is 3. The third-order valence-corrected chi connectivity index (χ3v) is 8.89. The SMILES string of the molecule is CC[C@@H](CO)N1C(=O)[C@H]2[C@@H]3C(=O)N[C@@H](c4ccccc4)COC(=O)CC/C=C\[C@@H]3O[C@]23C=CCN(C(C)(C)C)C(=O)[C@H]13. The van der Waals surface area contributed by atoms with Crippen molar-refractivity contribution in [3.05, 3.63) is 60.2 Å². The Morgan fingerprint density at radius 3 is 2.50 bits per heavy atom. The maximum absolute atomic E-state index is 14.4.